The molecular formula is C10H8FN3O2. The predicted molar refractivity (Wildman–Crippen MR) is 53.4 cm³/mol. The molecule has 0 bridgehead atoms. The van der Waals surface area contributed by atoms with Crippen LogP contribution in [0.1, 0.15) is 10.6 Å². The van der Waals surface area contributed by atoms with Crippen LogP contribution in [-0.2, 0) is 7.05 Å². The SMILES string of the molecule is Cn1nc(-c2cccc(F)c2)nc1C(=O)O. The van der Waals surface area contributed by atoms with Gasteiger partial charge in [-0.3, -0.25) is 0 Å². The molecule has 0 atom stereocenters. The summed E-state index contributed by atoms with van der Waals surface area (Å²) in [6, 6.07) is 5.68. The van der Waals surface area contributed by atoms with Crippen molar-refractivity contribution in [2.24, 2.45) is 7.05 Å². The van der Waals surface area contributed by atoms with Crippen LogP contribution in [0.15, 0.2) is 24.3 Å². The van der Waals surface area contributed by atoms with Gasteiger partial charge in [0, 0.05) is 12.6 Å². The highest BCUT2D eigenvalue weighted by molar-refractivity contribution is 5.84. The highest BCUT2D eigenvalue weighted by Crippen LogP contribution is 2.16. The normalized spacial score (nSPS) is 10.4. The van der Waals surface area contributed by atoms with E-state index in [1.54, 1.807) is 6.07 Å². The van der Waals surface area contributed by atoms with E-state index in [4.69, 9.17) is 5.11 Å². The zero-order chi connectivity index (χ0) is 11.7. The molecule has 0 unspecified atom stereocenters. The Morgan fingerprint density at radius 3 is 2.81 bits per heavy atom. The third-order valence-electron chi connectivity index (χ3n) is 2.04. The van der Waals surface area contributed by atoms with Gasteiger partial charge in [-0.1, -0.05) is 12.1 Å². The maximum Gasteiger partial charge on any atom is 0.373 e. The van der Waals surface area contributed by atoms with E-state index in [2.05, 4.69) is 10.1 Å². The maximum absolute atomic E-state index is 12.9. The molecule has 82 valence electrons. The van der Waals surface area contributed by atoms with E-state index in [1.165, 1.54) is 25.2 Å². The van der Waals surface area contributed by atoms with Crippen molar-refractivity contribution in [2.75, 3.05) is 0 Å². The number of halogens is 1. The number of rotatable bonds is 2. The van der Waals surface area contributed by atoms with Crippen LogP contribution in [0.5, 0.6) is 0 Å². The number of benzene rings is 1. The van der Waals surface area contributed by atoms with Crippen molar-refractivity contribution in [2.45, 2.75) is 0 Å². The van der Waals surface area contributed by atoms with Crippen molar-refractivity contribution in [1.82, 2.24) is 14.8 Å². The number of hydrogen-bond donors (Lipinski definition) is 1. The molecule has 2 aromatic rings. The summed E-state index contributed by atoms with van der Waals surface area (Å²) >= 11 is 0. The molecule has 0 fully saturated rings. The van der Waals surface area contributed by atoms with Crippen molar-refractivity contribution in [3.8, 4) is 11.4 Å². The second-order valence-electron chi connectivity index (χ2n) is 3.20. The summed E-state index contributed by atoms with van der Waals surface area (Å²) in [6.45, 7) is 0. The summed E-state index contributed by atoms with van der Waals surface area (Å²) in [5.74, 6) is -1.57. The molecule has 0 saturated carbocycles. The van der Waals surface area contributed by atoms with Gasteiger partial charge in [-0.25, -0.2) is 18.9 Å². The van der Waals surface area contributed by atoms with Gasteiger partial charge in [0.15, 0.2) is 5.82 Å². The van der Waals surface area contributed by atoms with E-state index in [1.807, 2.05) is 0 Å². The number of nitrogens with zero attached hydrogens (tertiary/aromatic N) is 3. The van der Waals surface area contributed by atoms with Gasteiger partial charge in [-0.2, -0.15) is 5.10 Å². The van der Waals surface area contributed by atoms with Crippen LogP contribution in [0, 0.1) is 5.82 Å². The van der Waals surface area contributed by atoms with Crippen LogP contribution in [0.2, 0.25) is 0 Å². The Balaban J connectivity index is 2.49. The molecule has 0 saturated heterocycles. The van der Waals surface area contributed by atoms with Gasteiger partial charge >= 0.3 is 5.97 Å². The lowest BCUT2D eigenvalue weighted by Crippen LogP contribution is -2.06. The van der Waals surface area contributed by atoms with E-state index in [-0.39, 0.29) is 11.6 Å². The van der Waals surface area contributed by atoms with Gasteiger partial charge < -0.3 is 5.11 Å². The average molecular weight is 221 g/mol. The molecule has 2 rings (SSSR count). The van der Waals surface area contributed by atoms with Crippen molar-refractivity contribution < 1.29 is 14.3 Å². The lowest BCUT2D eigenvalue weighted by molar-refractivity contribution is 0.0678. The largest absolute Gasteiger partial charge is 0.475 e. The number of carbonyl (C=O) groups is 1. The minimum Gasteiger partial charge on any atom is -0.475 e. The van der Waals surface area contributed by atoms with Gasteiger partial charge in [0.05, 0.1) is 0 Å². The Morgan fingerprint density at radius 2 is 2.25 bits per heavy atom. The fraction of sp³-hybridized carbons (Fsp3) is 0.100. The Morgan fingerprint density at radius 1 is 1.50 bits per heavy atom. The summed E-state index contributed by atoms with van der Waals surface area (Å²) in [5, 5.41) is 12.7. The zero-order valence-electron chi connectivity index (χ0n) is 8.38. The van der Waals surface area contributed by atoms with Crippen LogP contribution in [0.25, 0.3) is 11.4 Å². The predicted octanol–water partition coefficient (Wildman–Crippen LogP) is 1.32. The molecule has 0 spiro atoms. The number of hydrogen-bond acceptors (Lipinski definition) is 3. The first kappa shape index (κ1) is 10.3. The number of aromatic nitrogens is 3. The van der Waals surface area contributed by atoms with E-state index in [9.17, 15) is 9.18 Å². The summed E-state index contributed by atoms with van der Waals surface area (Å²) < 4.78 is 14.1. The number of aromatic carboxylic acids is 1. The summed E-state index contributed by atoms with van der Waals surface area (Å²) in [5.41, 5.74) is 0.447. The molecular weight excluding hydrogens is 213 g/mol. The quantitative estimate of drug-likeness (QED) is 0.830. The van der Waals surface area contributed by atoms with Gasteiger partial charge in [0.1, 0.15) is 5.82 Å². The van der Waals surface area contributed by atoms with Crippen molar-refractivity contribution in [3.05, 3.63) is 35.9 Å². The molecule has 0 aliphatic carbocycles. The Bertz CT molecular complexity index is 551. The zero-order valence-corrected chi connectivity index (χ0v) is 8.38. The topological polar surface area (TPSA) is 68.0 Å². The number of carboxylic acid groups (broad SMARTS) is 1. The first-order chi connectivity index (χ1) is 7.58. The second kappa shape index (κ2) is 3.73. The molecule has 0 radical (unpaired) electrons. The molecule has 6 heteroatoms. The van der Waals surface area contributed by atoms with Crippen molar-refractivity contribution in [3.63, 3.8) is 0 Å². The highest BCUT2D eigenvalue weighted by Gasteiger charge is 2.14. The highest BCUT2D eigenvalue weighted by atomic mass is 19.1. The first-order valence-corrected chi connectivity index (χ1v) is 4.48. The smallest absolute Gasteiger partial charge is 0.373 e. The maximum atomic E-state index is 12.9. The van der Waals surface area contributed by atoms with Crippen molar-refractivity contribution >= 4 is 5.97 Å². The summed E-state index contributed by atoms with van der Waals surface area (Å²) in [7, 11) is 1.47. The summed E-state index contributed by atoms with van der Waals surface area (Å²) in [4.78, 5) is 14.5. The lowest BCUT2D eigenvalue weighted by atomic mass is 10.2. The Hall–Kier alpha value is -2.24. The average Bonchev–Trinajstić information content (AvgIpc) is 2.60. The monoisotopic (exact) mass is 221 g/mol. The van der Waals surface area contributed by atoms with E-state index in [0.29, 0.717) is 5.56 Å². The van der Waals surface area contributed by atoms with E-state index >= 15 is 0 Å². The van der Waals surface area contributed by atoms with Crippen LogP contribution in [-0.4, -0.2) is 25.8 Å². The minimum absolute atomic E-state index is 0.181. The molecule has 1 aromatic carbocycles. The number of carboxylic acids is 1. The van der Waals surface area contributed by atoms with Crippen LogP contribution >= 0.6 is 0 Å². The number of aryl methyl sites for hydroxylation is 1. The molecule has 16 heavy (non-hydrogen) atoms. The Labute approximate surface area is 90.2 Å². The van der Waals surface area contributed by atoms with E-state index in [0.717, 1.165) is 4.68 Å². The fourth-order valence-electron chi connectivity index (χ4n) is 1.32. The minimum atomic E-state index is -1.17. The van der Waals surface area contributed by atoms with Crippen LogP contribution in [0.3, 0.4) is 0 Å². The lowest BCUT2D eigenvalue weighted by Gasteiger charge is -1.93. The first-order valence-electron chi connectivity index (χ1n) is 4.48. The molecule has 0 aliphatic rings. The fourth-order valence-corrected chi connectivity index (χ4v) is 1.32. The molecule has 0 amide bonds. The van der Waals surface area contributed by atoms with E-state index < -0.39 is 11.8 Å². The van der Waals surface area contributed by atoms with Crippen LogP contribution < -0.4 is 0 Å². The third-order valence-corrected chi connectivity index (χ3v) is 2.04. The molecule has 5 nitrogen and oxygen atoms in total. The van der Waals surface area contributed by atoms with Crippen LogP contribution in [0.4, 0.5) is 4.39 Å². The summed E-state index contributed by atoms with van der Waals surface area (Å²) in [6.07, 6.45) is 0. The van der Waals surface area contributed by atoms with Gasteiger partial charge in [0.25, 0.3) is 0 Å². The molecule has 1 N–H and O–H groups in total. The molecule has 0 aliphatic heterocycles. The van der Waals surface area contributed by atoms with Gasteiger partial charge in [-0.05, 0) is 12.1 Å². The molecule has 1 heterocycles. The van der Waals surface area contributed by atoms with Crippen molar-refractivity contribution in [1.29, 1.82) is 0 Å². The second-order valence-corrected chi connectivity index (χ2v) is 3.20. The standard InChI is InChI=1S/C10H8FN3O2/c1-14-9(10(15)16)12-8(13-14)6-3-2-4-7(11)5-6/h2-5H,1H3,(H,15,16). The third kappa shape index (κ3) is 1.77. The Kier molecular flexibility index (Phi) is 2.40. The molecule has 1 aromatic heterocycles. The van der Waals surface area contributed by atoms with Gasteiger partial charge in [0.2, 0.25) is 5.82 Å². The van der Waals surface area contributed by atoms with Gasteiger partial charge in [-0.15, -0.1) is 0 Å².